The zero-order valence-corrected chi connectivity index (χ0v) is 19.4. The molecule has 1 saturated heterocycles. The van der Waals surface area contributed by atoms with Gasteiger partial charge in [-0.05, 0) is 33.8 Å². The predicted octanol–water partition coefficient (Wildman–Crippen LogP) is 2.38. The first-order valence-corrected chi connectivity index (χ1v) is 10.3. The summed E-state index contributed by atoms with van der Waals surface area (Å²) in [4.78, 5) is 43.1. The number of carbonyl (C=O) groups excluding carboxylic acids is 3. The van der Waals surface area contributed by atoms with E-state index in [1.54, 1.807) is 18.2 Å². The SMILES string of the molecule is COC(=O)N[C@H](C(=O)N1C[C@H](COc2cccc(Br)n2)C[C@H]1C(=O)OC)C(C)(C)C. The van der Waals surface area contributed by atoms with E-state index in [0.717, 1.165) is 0 Å². The summed E-state index contributed by atoms with van der Waals surface area (Å²) in [5.41, 5.74) is -0.596. The Morgan fingerprint density at radius 2 is 1.97 bits per heavy atom. The molecule has 0 unspecified atom stereocenters. The van der Waals surface area contributed by atoms with E-state index < -0.39 is 29.6 Å². The first-order valence-electron chi connectivity index (χ1n) is 9.55. The van der Waals surface area contributed by atoms with Crippen LogP contribution in [0.25, 0.3) is 0 Å². The van der Waals surface area contributed by atoms with Gasteiger partial charge in [0.25, 0.3) is 0 Å². The molecule has 1 fully saturated rings. The third-order valence-corrected chi connectivity index (χ3v) is 5.30. The van der Waals surface area contributed by atoms with Crippen molar-refractivity contribution in [2.75, 3.05) is 27.4 Å². The molecule has 0 radical (unpaired) electrons. The highest BCUT2D eigenvalue weighted by molar-refractivity contribution is 9.10. The number of likely N-dealkylation sites (tertiary alicyclic amines) is 1. The number of alkyl carbamates (subject to hydrolysis) is 1. The Morgan fingerprint density at radius 3 is 2.53 bits per heavy atom. The molecular formula is C20H28BrN3O6. The van der Waals surface area contributed by atoms with E-state index in [9.17, 15) is 14.4 Å². The number of carbonyl (C=O) groups is 3. The van der Waals surface area contributed by atoms with Crippen LogP contribution in [0.4, 0.5) is 4.79 Å². The van der Waals surface area contributed by atoms with Crippen LogP contribution in [0.15, 0.2) is 22.8 Å². The standard InChI is InChI=1S/C20H28BrN3O6/c1-20(2,3)16(23-19(27)29-5)17(25)24-10-12(9-13(24)18(26)28-4)11-30-15-8-6-7-14(21)22-15/h6-8,12-13,16H,9-11H2,1-5H3,(H,23,27)/t12-,13+,16-/m1/s1. The molecule has 1 N–H and O–H groups in total. The summed E-state index contributed by atoms with van der Waals surface area (Å²) in [6.07, 6.45) is -0.320. The van der Waals surface area contributed by atoms with Crippen molar-refractivity contribution in [2.45, 2.75) is 39.3 Å². The quantitative estimate of drug-likeness (QED) is 0.486. The topological polar surface area (TPSA) is 107 Å². The molecule has 1 aliphatic heterocycles. The lowest BCUT2D eigenvalue weighted by Crippen LogP contribution is -2.56. The fourth-order valence-corrected chi connectivity index (χ4v) is 3.64. The molecule has 0 spiro atoms. The van der Waals surface area contributed by atoms with Gasteiger partial charge in [0.05, 0.1) is 20.8 Å². The molecule has 0 aromatic carbocycles. The van der Waals surface area contributed by atoms with Crippen molar-refractivity contribution >= 4 is 33.9 Å². The second kappa shape index (κ2) is 10.1. The Balaban J connectivity index is 2.17. The third kappa shape index (κ3) is 6.07. The summed E-state index contributed by atoms with van der Waals surface area (Å²) in [7, 11) is 2.52. The van der Waals surface area contributed by atoms with Gasteiger partial charge in [-0.1, -0.05) is 26.8 Å². The van der Waals surface area contributed by atoms with Crippen LogP contribution in [0.5, 0.6) is 5.88 Å². The van der Waals surface area contributed by atoms with E-state index in [2.05, 4.69) is 31.0 Å². The average Bonchev–Trinajstić information content (AvgIpc) is 3.12. The van der Waals surface area contributed by atoms with Crippen LogP contribution in [0.2, 0.25) is 0 Å². The van der Waals surface area contributed by atoms with Crippen LogP contribution in [-0.4, -0.2) is 67.3 Å². The lowest BCUT2D eigenvalue weighted by molar-refractivity contribution is -0.152. The largest absolute Gasteiger partial charge is 0.477 e. The Morgan fingerprint density at radius 1 is 1.27 bits per heavy atom. The number of aromatic nitrogens is 1. The van der Waals surface area contributed by atoms with Gasteiger partial charge in [-0.15, -0.1) is 0 Å². The van der Waals surface area contributed by atoms with Crippen molar-refractivity contribution in [3.8, 4) is 5.88 Å². The summed E-state index contributed by atoms with van der Waals surface area (Å²) in [6.45, 7) is 6.06. The van der Waals surface area contributed by atoms with Gasteiger partial charge in [0.1, 0.15) is 16.7 Å². The monoisotopic (exact) mass is 485 g/mol. The van der Waals surface area contributed by atoms with Crippen LogP contribution < -0.4 is 10.1 Å². The molecular weight excluding hydrogens is 458 g/mol. The summed E-state index contributed by atoms with van der Waals surface area (Å²) in [5.74, 6) is -0.523. The van der Waals surface area contributed by atoms with Crippen molar-refractivity contribution < 1.29 is 28.6 Å². The van der Waals surface area contributed by atoms with E-state index in [-0.39, 0.29) is 18.4 Å². The van der Waals surface area contributed by atoms with Crippen molar-refractivity contribution in [1.29, 1.82) is 0 Å². The van der Waals surface area contributed by atoms with Gasteiger partial charge in [0.2, 0.25) is 11.8 Å². The molecule has 9 nitrogen and oxygen atoms in total. The number of amides is 2. The number of nitrogens with one attached hydrogen (secondary N) is 1. The van der Waals surface area contributed by atoms with E-state index in [1.807, 2.05) is 20.8 Å². The number of ether oxygens (including phenoxy) is 3. The Labute approximate surface area is 184 Å². The number of hydrogen-bond acceptors (Lipinski definition) is 7. The van der Waals surface area contributed by atoms with Gasteiger partial charge >= 0.3 is 12.1 Å². The van der Waals surface area contributed by atoms with Crippen LogP contribution >= 0.6 is 15.9 Å². The minimum Gasteiger partial charge on any atom is -0.477 e. The molecule has 2 rings (SSSR count). The zero-order chi connectivity index (χ0) is 22.5. The fourth-order valence-electron chi connectivity index (χ4n) is 3.31. The maximum Gasteiger partial charge on any atom is 0.407 e. The predicted molar refractivity (Wildman–Crippen MR) is 112 cm³/mol. The Hall–Kier alpha value is -2.36. The first kappa shape index (κ1) is 23.9. The molecule has 1 aromatic heterocycles. The highest BCUT2D eigenvalue weighted by Gasteiger charge is 2.45. The Bertz CT molecular complexity index is 782. The summed E-state index contributed by atoms with van der Waals surface area (Å²) in [5, 5.41) is 2.59. The van der Waals surface area contributed by atoms with E-state index >= 15 is 0 Å². The van der Waals surface area contributed by atoms with E-state index in [4.69, 9.17) is 9.47 Å². The van der Waals surface area contributed by atoms with Gasteiger partial charge in [-0.2, -0.15) is 0 Å². The van der Waals surface area contributed by atoms with Crippen molar-refractivity contribution in [3.05, 3.63) is 22.8 Å². The molecule has 10 heteroatoms. The maximum absolute atomic E-state index is 13.3. The second-order valence-corrected chi connectivity index (χ2v) is 8.99. The number of pyridine rings is 1. The number of nitrogens with zero attached hydrogens (tertiary/aromatic N) is 2. The number of halogens is 1. The summed E-state index contributed by atoms with van der Waals surface area (Å²) in [6, 6.07) is 3.70. The highest BCUT2D eigenvalue weighted by Crippen LogP contribution is 2.29. The number of methoxy groups -OCH3 is 2. The molecule has 0 bridgehead atoms. The van der Waals surface area contributed by atoms with Gasteiger partial charge in [-0.25, -0.2) is 14.6 Å². The molecule has 1 aromatic rings. The van der Waals surface area contributed by atoms with Gasteiger partial charge in [0.15, 0.2) is 0 Å². The maximum atomic E-state index is 13.3. The first-order chi connectivity index (χ1) is 14.1. The van der Waals surface area contributed by atoms with Gasteiger partial charge < -0.3 is 24.4 Å². The van der Waals surface area contributed by atoms with Gasteiger partial charge in [-0.3, -0.25) is 4.79 Å². The molecule has 30 heavy (non-hydrogen) atoms. The normalized spacial score (nSPS) is 19.7. The number of rotatable bonds is 6. The second-order valence-electron chi connectivity index (χ2n) is 8.18. The van der Waals surface area contributed by atoms with Crippen LogP contribution in [0.3, 0.4) is 0 Å². The van der Waals surface area contributed by atoms with Crippen LogP contribution in [0.1, 0.15) is 27.2 Å². The lowest BCUT2D eigenvalue weighted by Gasteiger charge is -2.34. The number of hydrogen-bond donors (Lipinski definition) is 1. The average molecular weight is 486 g/mol. The minimum atomic E-state index is -0.872. The third-order valence-electron chi connectivity index (χ3n) is 4.86. The molecule has 0 saturated carbocycles. The van der Waals surface area contributed by atoms with Crippen molar-refractivity contribution in [1.82, 2.24) is 15.2 Å². The zero-order valence-electron chi connectivity index (χ0n) is 17.8. The Kier molecular flexibility index (Phi) is 8.05. The van der Waals surface area contributed by atoms with Crippen LogP contribution in [0, 0.1) is 11.3 Å². The molecule has 2 amide bonds. The van der Waals surface area contributed by atoms with Crippen molar-refractivity contribution in [3.63, 3.8) is 0 Å². The molecule has 166 valence electrons. The fraction of sp³-hybridized carbons (Fsp3) is 0.600. The van der Waals surface area contributed by atoms with Crippen molar-refractivity contribution in [2.24, 2.45) is 11.3 Å². The van der Waals surface area contributed by atoms with Crippen LogP contribution in [-0.2, 0) is 19.1 Å². The molecule has 0 aliphatic carbocycles. The van der Waals surface area contributed by atoms with E-state index in [1.165, 1.54) is 19.1 Å². The van der Waals surface area contributed by atoms with E-state index in [0.29, 0.717) is 23.4 Å². The molecule has 1 aliphatic rings. The smallest absolute Gasteiger partial charge is 0.407 e. The minimum absolute atomic E-state index is 0.0995. The van der Waals surface area contributed by atoms with Gasteiger partial charge in [0, 0.05) is 18.5 Å². The lowest BCUT2D eigenvalue weighted by atomic mass is 9.85. The highest BCUT2D eigenvalue weighted by atomic mass is 79.9. The summed E-state index contributed by atoms with van der Waals surface area (Å²) < 4.78 is 16.0. The summed E-state index contributed by atoms with van der Waals surface area (Å²) >= 11 is 3.29. The molecule has 3 atom stereocenters. The number of esters is 1. The molecule has 2 heterocycles.